The lowest BCUT2D eigenvalue weighted by Crippen LogP contribution is -2.44. The highest BCUT2D eigenvalue weighted by atomic mass is 19.1. The van der Waals surface area contributed by atoms with E-state index in [1.54, 1.807) is 18.7 Å². The number of methoxy groups -OCH3 is 1. The first-order chi connectivity index (χ1) is 24.4. The summed E-state index contributed by atoms with van der Waals surface area (Å²) in [5.41, 5.74) is -1.74. The maximum Gasteiger partial charge on any atom is 0.319 e. The van der Waals surface area contributed by atoms with Crippen molar-refractivity contribution in [1.82, 2.24) is 19.9 Å². The average Bonchev–Trinajstić information content (AvgIpc) is 3.73. The number of fused-ring (bicyclic) bond motifs is 3. The van der Waals surface area contributed by atoms with Crippen LogP contribution in [0.4, 0.5) is 19.0 Å². The van der Waals surface area contributed by atoms with E-state index in [1.165, 1.54) is 31.4 Å². The first kappa shape index (κ1) is 34.1. The van der Waals surface area contributed by atoms with Crippen molar-refractivity contribution >= 4 is 27.5 Å². The van der Waals surface area contributed by atoms with Crippen LogP contribution < -0.4 is 14.4 Å². The summed E-state index contributed by atoms with van der Waals surface area (Å²) in [6.45, 7) is 4.25. The van der Waals surface area contributed by atoms with Crippen molar-refractivity contribution in [3.05, 3.63) is 41.5 Å². The highest BCUT2D eigenvalue weighted by Gasteiger charge is 2.62. The number of β-amino-alcohol motifs (C(OH)–C–C–N with tert-alkyl or cyclic N) is 1. The largest absolute Gasteiger partial charge is 0.508 e. The van der Waals surface area contributed by atoms with E-state index in [2.05, 4.69) is 14.9 Å². The van der Waals surface area contributed by atoms with Crippen LogP contribution in [-0.2, 0) is 11.2 Å². The molecule has 1 spiro atoms. The summed E-state index contributed by atoms with van der Waals surface area (Å²) < 4.78 is 65.1. The number of aliphatic hydroxyl groups is 2. The number of rotatable bonds is 8. The number of halogens is 3. The molecule has 3 N–H and O–H groups in total. The Morgan fingerprint density at radius 2 is 1.88 bits per heavy atom. The summed E-state index contributed by atoms with van der Waals surface area (Å²) in [7, 11) is 1.36. The minimum absolute atomic E-state index is 0.0122. The van der Waals surface area contributed by atoms with Crippen molar-refractivity contribution in [3.63, 3.8) is 0 Å². The smallest absolute Gasteiger partial charge is 0.319 e. The number of aromatic nitrogens is 3. The van der Waals surface area contributed by atoms with Gasteiger partial charge < -0.3 is 34.4 Å². The number of pyridine rings is 1. The highest BCUT2D eigenvalue weighted by Crippen LogP contribution is 2.61. The van der Waals surface area contributed by atoms with E-state index in [4.69, 9.17) is 19.2 Å². The lowest BCUT2D eigenvalue weighted by atomic mass is 9.89. The number of hydrogen-bond donors (Lipinski definition) is 3. The summed E-state index contributed by atoms with van der Waals surface area (Å²) in [4.78, 5) is 17.8. The molecule has 0 radical (unpaired) electrons. The van der Waals surface area contributed by atoms with E-state index < -0.39 is 35.1 Å². The maximum absolute atomic E-state index is 17.3. The molecule has 14 heteroatoms. The van der Waals surface area contributed by atoms with Gasteiger partial charge in [-0.1, -0.05) is 13.0 Å². The van der Waals surface area contributed by atoms with Crippen LogP contribution in [0.15, 0.2) is 24.3 Å². The summed E-state index contributed by atoms with van der Waals surface area (Å²) in [6, 6.07) is 5.47. The lowest BCUT2D eigenvalue weighted by molar-refractivity contribution is -0.0528. The standard InChI is InChI=1S/C37H42F3N5O6/c1-4-24-26(39)6-5-20-9-22(47)10-25(27(20)24)30-29(40)31-28(33(41-30)49-3)32(44-13-23(14-46)50-18-35(2,48)16-44)43-34(42-31)51-19-37-11-21(38)12-45(37)17-36(15-37)7-8-36/h5-6,9-10,21,23,46-48H,4,7-8,11-19H2,1-3H3/t21-,23-,35+,37-/m1/s1. The lowest BCUT2D eigenvalue weighted by Gasteiger charge is -2.32. The van der Waals surface area contributed by atoms with Crippen LogP contribution in [0.1, 0.15) is 45.1 Å². The molecular weight excluding hydrogens is 667 g/mol. The van der Waals surface area contributed by atoms with Gasteiger partial charge in [-0.25, -0.2) is 18.2 Å². The maximum atomic E-state index is 17.3. The Morgan fingerprint density at radius 3 is 2.61 bits per heavy atom. The van der Waals surface area contributed by atoms with Gasteiger partial charge in [0, 0.05) is 31.6 Å². The van der Waals surface area contributed by atoms with Crippen LogP contribution in [0.25, 0.3) is 32.9 Å². The van der Waals surface area contributed by atoms with Crippen LogP contribution in [0.2, 0.25) is 0 Å². The number of aliphatic hydroxyl groups excluding tert-OH is 1. The van der Waals surface area contributed by atoms with Crippen molar-refractivity contribution in [1.29, 1.82) is 0 Å². The third-order valence-electron chi connectivity index (χ3n) is 11.1. The quantitative estimate of drug-likeness (QED) is 0.235. The van der Waals surface area contributed by atoms with Crippen molar-refractivity contribution in [3.8, 4) is 28.9 Å². The molecule has 272 valence electrons. The molecule has 2 aromatic carbocycles. The van der Waals surface area contributed by atoms with Crippen LogP contribution in [0, 0.1) is 17.0 Å². The van der Waals surface area contributed by atoms with Gasteiger partial charge in [0.2, 0.25) is 5.88 Å². The molecule has 0 amide bonds. The molecule has 8 rings (SSSR count). The molecule has 0 unspecified atom stereocenters. The van der Waals surface area contributed by atoms with Crippen LogP contribution >= 0.6 is 0 Å². The molecule has 1 saturated carbocycles. The van der Waals surface area contributed by atoms with Crippen molar-refractivity contribution in [2.75, 3.05) is 58.0 Å². The molecule has 4 aliphatic rings. The SMILES string of the molecule is CCc1c(F)ccc2cc(O)cc(-c3nc(OC)c4c(N5C[C@H](CO)OC[C@@](C)(O)C5)nc(OC[C@]56C[C@@H](F)CN5CC5(CC5)C6)nc4c3F)c12. The number of phenols is 1. The number of ether oxygens (including phenoxy) is 3. The van der Waals surface area contributed by atoms with E-state index in [1.807, 2.05) is 0 Å². The number of aromatic hydroxyl groups is 1. The molecule has 4 aromatic rings. The number of phenolic OH excluding ortho intramolecular Hbond substituents is 1. The van der Waals surface area contributed by atoms with Crippen LogP contribution in [-0.4, -0.2) is 112 Å². The molecule has 4 fully saturated rings. The molecule has 4 atom stereocenters. The number of alkyl halides is 1. The Morgan fingerprint density at radius 1 is 1.08 bits per heavy atom. The van der Waals surface area contributed by atoms with Crippen LogP contribution in [0.5, 0.6) is 17.6 Å². The predicted molar refractivity (Wildman–Crippen MR) is 183 cm³/mol. The zero-order chi connectivity index (χ0) is 35.9. The van der Waals surface area contributed by atoms with E-state index in [9.17, 15) is 19.7 Å². The second kappa shape index (κ2) is 12.3. The number of nitrogens with zero attached hydrogens (tertiary/aromatic N) is 5. The van der Waals surface area contributed by atoms with Gasteiger partial charge in [0.1, 0.15) is 52.4 Å². The zero-order valence-electron chi connectivity index (χ0n) is 28.9. The van der Waals surface area contributed by atoms with Gasteiger partial charge in [0.25, 0.3) is 0 Å². The molecule has 5 heterocycles. The topological polar surface area (TPSA) is 134 Å². The molecular formula is C37H42F3N5O6. The van der Waals surface area contributed by atoms with Crippen molar-refractivity contribution < 1.29 is 42.7 Å². The van der Waals surface area contributed by atoms with Gasteiger partial charge in [0.15, 0.2) is 5.82 Å². The van der Waals surface area contributed by atoms with Crippen molar-refractivity contribution in [2.24, 2.45) is 5.41 Å². The molecule has 2 aromatic heterocycles. The van der Waals surface area contributed by atoms with Gasteiger partial charge >= 0.3 is 6.01 Å². The average molecular weight is 710 g/mol. The summed E-state index contributed by atoms with van der Waals surface area (Å²) in [6.07, 6.45) is 1.89. The van der Waals surface area contributed by atoms with E-state index in [-0.39, 0.29) is 83.9 Å². The molecule has 0 bridgehead atoms. The van der Waals surface area contributed by atoms with Gasteiger partial charge in [-0.2, -0.15) is 9.97 Å². The van der Waals surface area contributed by atoms with Crippen LogP contribution in [0.3, 0.4) is 0 Å². The van der Waals surface area contributed by atoms with Gasteiger partial charge in [-0.15, -0.1) is 0 Å². The first-order valence-corrected chi connectivity index (χ1v) is 17.5. The Hall–Kier alpha value is -3.98. The predicted octanol–water partition coefficient (Wildman–Crippen LogP) is 4.69. The molecule has 3 saturated heterocycles. The van der Waals surface area contributed by atoms with Gasteiger partial charge in [0.05, 0.1) is 38.5 Å². The minimum atomic E-state index is -1.38. The molecule has 51 heavy (non-hydrogen) atoms. The fourth-order valence-corrected chi connectivity index (χ4v) is 8.67. The summed E-state index contributed by atoms with van der Waals surface area (Å²) in [5, 5.41) is 33.0. The molecule has 11 nitrogen and oxygen atoms in total. The Bertz CT molecular complexity index is 2030. The Labute approximate surface area is 293 Å². The number of anilines is 1. The number of hydrogen-bond acceptors (Lipinski definition) is 11. The Balaban J connectivity index is 1.32. The molecule has 3 aliphatic heterocycles. The fraction of sp³-hybridized carbons (Fsp3) is 0.541. The van der Waals surface area contributed by atoms with Crippen molar-refractivity contribution in [2.45, 2.75) is 69.4 Å². The van der Waals surface area contributed by atoms with E-state index in [0.717, 1.165) is 25.8 Å². The Kier molecular flexibility index (Phi) is 8.24. The second-order valence-corrected chi connectivity index (χ2v) is 15.2. The van der Waals surface area contributed by atoms with E-state index >= 15 is 8.78 Å². The monoisotopic (exact) mass is 709 g/mol. The van der Waals surface area contributed by atoms with Gasteiger partial charge in [-0.05, 0) is 72.6 Å². The zero-order valence-corrected chi connectivity index (χ0v) is 28.9. The summed E-state index contributed by atoms with van der Waals surface area (Å²) >= 11 is 0. The number of aryl methyl sites for hydroxylation is 1. The first-order valence-electron chi connectivity index (χ1n) is 17.5. The summed E-state index contributed by atoms with van der Waals surface area (Å²) in [5.74, 6) is -1.47. The normalized spacial score (nSPS) is 27.3. The highest BCUT2D eigenvalue weighted by molar-refractivity contribution is 6.03. The van der Waals surface area contributed by atoms with E-state index in [0.29, 0.717) is 35.7 Å². The third kappa shape index (κ3) is 5.89. The third-order valence-corrected chi connectivity index (χ3v) is 11.1. The number of benzene rings is 2. The molecule has 1 aliphatic carbocycles. The van der Waals surface area contributed by atoms with Gasteiger partial charge in [-0.3, -0.25) is 4.90 Å². The minimum Gasteiger partial charge on any atom is -0.508 e. The second-order valence-electron chi connectivity index (χ2n) is 15.2. The fourth-order valence-electron chi connectivity index (χ4n) is 8.67.